The third-order valence-corrected chi connectivity index (χ3v) is 7.01. The van der Waals surface area contributed by atoms with Crippen LogP contribution in [0.3, 0.4) is 0 Å². The molecule has 0 fully saturated rings. The number of methoxy groups -OCH3 is 3. The molecule has 1 aliphatic rings. The van der Waals surface area contributed by atoms with Crippen LogP contribution >= 0.6 is 0 Å². The molecule has 1 heterocycles. The van der Waals surface area contributed by atoms with Gasteiger partial charge in [-0.2, -0.15) is 0 Å². The fourth-order valence-electron chi connectivity index (χ4n) is 4.88. The first-order valence-electron chi connectivity index (χ1n) is 13.2. The number of hydrogen-bond donors (Lipinski definition) is 1. The molecule has 0 saturated carbocycles. The first-order valence-corrected chi connectivity index (χ1v) is 13.2. The van der Waals surface area contributed by atoms with Crippen LogP contribution in [0, 0.1) is 0 Å². The Morgan fingerprint density at radius 1 is 0.875 bits per heavy atom. The first kappa shape index (κ1) is 28.8. The van der Waals surface area contributed by atoms with Gasteiger partial charge in [0.2, 0.25) is 5.91 Å². The molecular weight excluding hydrogens is 510 g/mol. The third-order valence-electron chi connectivity index (χ3n) is 7.01. The molecule has 4 rings (SSSR count). The van der Waals surface area contributed by atoms with Crippen LogP contribution in [0.1, 0.15) is 28.3 Å². The van der Waals surface area contributed by atoms with Crippen molar-refractivity contribution >= 4 is 12.0 Å². The van der Waals surface area contributed by atoms with Gasteiger partial charge in [0.25, 0.3) is 0 Å². The Morgan fingerprint density at radius 2 is 1.55 bits per heavy atom. The van der Waals surface area contributed by atoms with Gasteiger partial charge in [-0.05, 0) is 59.4 Å². The lowest BCUT2D eigenvalue weighted by Crippen LogP contribution is -2.43. The zero-order chi connectivity index (χ0) is 28.6. The normalized spacial score (nSPS) is 14.6. The number of nitrogens with one attached hydrogen (secondary N) is 1. The molecule has 40 heavy (non-hydrogen) atoms. The van der Waals surface area contributed by atoms with E-state index in [9.17, 15) is 9.59 Å². The first-order chi connectivity index (χ1) is 19.3. The molecule has 212 valence electrons. The summed E-state index contributed by atoms with van der Waals surface area (Å²) in [5.74, 6) is 2.09. The van der Waals surface area contributed by atoms with Crippen LogP contribution in [0.15, 0.2) is 60.7 Å². The van der Waals surface area contributed by atoms with Crippen LogP contribution in [-0.2, 0) is 24.2 Å². The highest BCUT2D eigenvalue weighted by Crippen LogP contribution is 2.40. The number of amides is 2. The van der Waals surface area contributed by atoms with Gasteiger partial charge >= 0.3 is 6.09 Å². The average molecular weight is 548 g/mol. The molecule has 3 aromatic carbocycles. The third kappa shape index (κ3) is 6.84. The molecular formula is C31H37N3O6. The maximum atomic E-state index is 13.1. The average Bonchev–Trinajstić information content (AvgIpc) is 2.97. The fraction of sp³-hybridized carbons (Fsp3) is 0.355. The Bertz CT molecular complexity index is 1330. The van der Waals surface area contributed by atoms with E-state index in [1.807, 2.05) is 54.6 Å². The second kappa shape index (κ2) is 13.2. The van der Waals surface area contributed by atoms with Crippen molar-refractivity contribution in [3.63, 3.8) is 0 Å². The second-order valence-corrected chi connectivity index (χ2v) is 9.86. The van der Waals surface area contributed by atoms with E-state index in [1.54, 1.807) is 41.5 Å². The van der Waals surface area contributed by atoms with E-state index in [0.717, 1.165) is 28.7 Å². The number of carbonyl (C=O) groups excluding carboxylic acids is 2. The minimum atomic E-state index is -0.485. The van der Waals surface area contributed by atoms with E-state index in [-0.39, 0.29) is 18.5 Å². The van der Waals surface area contributed by atoms with Crippen LogP contribution in [0.5, 0.6) is 23.0 Å². The molecule has 0 bridgehead atoms. The predicted molar refractivity (Wildman–Crippen MR) is 152 cm³/mol. The minimum Gasteiger partial charge on any atom is -0.493 e. The summed E-state index contributed by atoms with van der Waals surface area (Å²) in [6.07, 6.45) is 0.897. The monoisotopic (exact) mass is 547 g/mol. The molecule has 9 heteroatoms. The van der Waals surface area contributed by atoms with Crippen molar-refractivity contribution in [1.29, 1.82) is 0 Å². The van der Waals surface area contributed by atoms with E-state index in [4.69, 9.17) is 18.9 Å². The second-order valence-electron chi connectivity index (χ2n) is 9.86. The van der Waals surface area contributed by atoms with E-state index >= 15 is 0 Å². The number of fused-ring (bicyclic) bond motifs is 1. The molecule has 1 aliphatic heterocycles. The van der Waals surface area contributed by atoms with Crippen LogP contribution in [0.4, 0.5) is 4.79 Å². The van der Waals surface area contributed by atoms with Crippen LogP contribution in [0.2, 0.25) is 0 Å². The van der Waals surface area contributed by atoms with Gasteiger partial charge in [0, 0.05) is 33.2 Å². The van der Waals surface area contributed by atoms with Gasteiger partial charge in [-0.15, -0.1) is 0 Å². The standard InChI is InChI=1S/C31H37N3O6/c1-33(2)31(36)40-26-12-11-22(16-27(26)37-3)15-25-24-18-29(39-5)28(38-4)17-23(24)13-14-34(25)20-30(35)32-19-21-9-7-6-8-10-21/h6-12,16-18,25H,13-15,19-20H2,1-5H3,(H,32,35). The number of rotatable bonds is 10. The van der Waals surface area contributed by atoms with Gasteiger partial charge in [0.1, 0.15) is 0 Å². The summed E-state index contributed by atoms with van der Waals surface area (Å²) < 4.78 is 22.2. The maximum Gasteiger partial charge on any atom is 0.414 e. The molecule has 0 aromatic heterocycles. The molecule has 0 spiro atoms. The Hall–Kier alpha value is -4.24. The highest BCUT2D eigenvalue weighted by Gasteiger charge is 2.31. The molecule has 9 nitrogen and oxygen atoms in total. The van der Waals surface area contributed by atoms with Crippen molar-refractivity contribution in [2.75, 3.05) is 48.5 Å². The topological polar surface area (TPSA) is 89.6 Å². The summed E-state index contributed by atoms with van der Waals surface area (Å²) in [7, 11) is 8.04. The Labute approximate surface area is 235 Å². The highest BCUT2D eigenvalue weighted by atomic mass is 16.6. The van der Waals surface area contributed by atoms with Crippen molar-refractivity contribution in [2.45, 2.75) is 25.4 Å². The lowest BCUT2D eigenvalue weighted by molar-refractivity contribution is -0.123. The quantitative estimate of drug-likeness (QED) is 0.406. The molecule has 0 radical (unpaired) electrons. The van der Waals surface area contributed by atoms with Crippen molar-refractivity contribution < 1.29 is 28.5 Å². The van der Waals surface area contributed by atoms with Crippen LogP contribution in [0.25, 0.3) is 0 Å². The molecule has 1 N–H and O–H groups in total. The Balaban J connectivity index is 1.61. The van der Waals surface area contributed by atoms with Crippen molar-refractivity contribution in [2.24, 2.45) is 0 Å². The van der Waals surface area contributed by atoms with Gasteiger partial charge < -0.3 is 29.2 Å². The number of hydrogen-bond acceptors (Lipinski definition) is 7. The molecule has 1 atom stereocenters. The summed E-state index contributed by atoms with van der Waals surface area (Å²) >= 11 is 0. The van der Waals surface area contributed by atoms with Gasteiger partial charge in [0.15, 0.2) is 23.0 Å². The number of nitrogens with zero attached hydrogens (tertiary/aromatic N) is 2. The summed E-state index contributed by atoms with van der Waals surface area (Å²) in [5.41, 5.74) is 4.27. The zero-order valence-electron chi connectivity index (χ0n) is 23.7. The number of ether oxygens (including phenoxy) is 4. The smallest absolute Gasteiger partial charge is 0.414 e. The van der Waals surface area contributed by atoms with E-state index < -0.39 is 6.09 Å². The summed E-state index contributed by atoms with van der Waals surface area (Å²) in [6.45, 7) is 1.44. The van der Waals surface area contributed by atoms with Gasteiger partial charge in [-0.3, -0.25) is 9.69 Å². The van der Waals surface area contributed by atoms with Gasteiger partial charge in [-0.1, -0.05) is 36.4 Å². The fourth-order valence-corrected chi connectivity index (χ4v) is 4.88. The minimum absolute atomic E-state index is 0.0405. The van der Waals surface area contributed by atoms with E-state index in [1.165, 1.54) is 4.90 Å². The van der Waals surface area contributed by atoms with Crippen LogP contribution < -0.4 is 24.3 Å². The van der Waals surface area contributed by atoms with Crippen LogP contribution in [-0.4, -0.2) is 70.3 Å². The lowest BCUT2D eigenvalue weighted by Gasteiger charge is -2.37. The summed E-state index contributed by atoms with van der Waals surface area (Å²) in [4.78, 5) is 28.7. The largest absolute Gasteiger partial charge is 0.493 e. The van der Waals surface area contributed by atoms with E-state index in [2.05, 4.69) is 10.2 Å². The van der Waals surface area contributed by atoms with Gasteiger partial charge in [0.05, 0.1) is 27.9 Å². The Kier molecular flexibility index (Phi) is 9.50. The van der Waals surface area contributed by atoms with Crippen molar-refractivity contribution in [3.05, 3.63) is 82.9 Å². The summed E-state index contributed by atoms with van der Waals surface area (Å²) in [5, 5.41) is 3.05. The zero-order valence-corrected chi connectivity index (χ0v) is 23.7. The maximum absolute atomic E-state index is 13.1. The van der Waals surface area contributed by atoms with E-state index in [0.29, 0.717) is 42.5 Å². The number of carbonyl (C=O) groups is 2. The lowest BCUT2D eigenvalue weighted by atomic mass is 9.88. The van der Waals surface area contributed by atoms with Crippen molar-refractivity contribution in [1.82, 2.24) is 15.1 Å². The molecule has 1 unspecified atom stereocenters. The Morgan fingerprint density at radius 3 is 2.23 bits per heavy atom. The number of benzene rings is 3. The highest BCUT2D eigenvalue weighted by molar-refractivity contribution is 5.78. The van der Waals surface area contributed by atoms with Crippen molar-refractivity contribution in [3.8, 4) is 23.0 Å². The molecule has 2 amide bonds. The SMILES string of the molecule is COc1cc2c(cc1OC)C(Cc1ccc(OC(=O)N(C)C)c(OC)c1)N(CC(=O)NCc1ccccc1)CC2. The molecule has 3 aromatic rings. The summed E-state index contributed by atoms with van der Waals surface area (Å²) in [6, 6.07) is 19.3. The predicted octanol–water partition coefficient (Wildman–Crippen LogP) is 4.23. The van der Waals surface area contributed by atoms with Gasteiger partial charge in [-0.25, -0.2) is 4.79 Å². The molecule has 0 saturated heterocycles. The molecule has 0 aliphatic carbocycles.